The zero-order valence-corrected chi connectivity index (χ0v) is 23.7. The second-order valence-electron chi connectivity index (χ2n) is 12.0. The van der Waals surface area contributed by atoms with Gasteiger partial charge in [-0.15, -0.1) is 0 Å². The third-order valence-electron chi connectivity index (χ3n) is 8.43. The number of hydrogen-bond donors (Lipinski definition) is 2. The lowest BCUT2D eigenvalue weighted by Gasteiger charge is -2.37. The third kappa shape index (κ3) is 12.3. The zero-order valence-electron chi connectivity index (χ0n) is 23.7. The van der Waals surface area contributed by atoms with E-state index >= 15 is 0 Å². The Morgan fingerprint density at radius 3 is 2.11 bits per heavy atom. The number of carboxylic acid groups (broad SMARTS) is 1. The van der Waals surface area contributed by atoms with Gasteiger partial charge in [0.25, 0.3) is 0 Å². The number of aliphatic carboxylic acids is 1. The molecular weight excluding hydrogens is 440 g/mol. The van der Waals surface area contributed by atoms with Gasteiger partial charge in [-0.05, 0) is 87.5 Å². The molecule has 0 fully saturated rings. The van der Waals surface area contributed by atoms with Crippen LogP contribution in [0, 0.1) is 29.6 Å². The van der Waals surface area contributed by atoms with E-state index in [1.807, 2.05) is 13.8 Å². The number of carbonyl (C=O) groups is 1. The lowest BCUT2D eigenvalue weighted by Crippen LogP contribution is -2.39. The number of rotatable bonds is 18. The minimum absolute atomic E-state index is 0.139. The number of ether oxygens (including phenoxy) is 1. The van der Waals surface area contributed by atoms with Crippen LogP contribution < -0.4 is 5.11 Å². The van der Waals surface area contributed by atoms with Crippen LogP contribution in [0.25, 0.3) is 0 Å². The zero-order chi connectivity index (χ0) is 26.6. The molecule has 35 heavy (non-hydrogen) atoms. The molecule has 0 heterocycles. The first kappa shape index (κ1) is 32.1. The summed E-state index contributed by atoms with van der Waals surface area (Å²) in [4.78, 5) is 10.8. The lowest BCUT2D eigenvalue weighted by molar-refractivity contribution is -0.311. The molecule has 0 aliphatic heterocycles. The minimum Gasteiger partial charge on any atom is -0.550 e. The second-order valence-corrected chi connectivity index (χ2v) is 12.0. The molecule has 5 nitrogen and oxygen atoms in total. The van der Waals surface area contributed by atoms with Crippen molar-refractivity contribution >= 4 is 5.97 Å². The van der Waals surface area contributed by atoms with E-state index in [1.54, 1.807) is 6.92 Å². The van der Waals surface area contributed by atoms with Gasteiger partial charge >= 0.3 is 0 Å². The van der Waals surface area contributed by atoms with Crippen molar-refractivity contribution in [2.24, 2.45) is 29.6 Å². The van der Waals surface area contributed by atoms with Crippen LogP contribution in [0.2, 0.25) is 0 Å². The maximum atomic E-state index is 10.8. The largest absolute Gasteiger partial charge is 0.550 e. The molecule has 0 aromatic rings. The van der Waals surface area contributed by atoms with Crippen molar-refractivity contribution in [1.82, 2.24) is 0 Å². The summed E-state index contributed by atoms with van der Waals surface area (Å²) in [6.45, 7) is 15.3. The molecule has 0 saturated carbocycles. The van der Waals surface area contributed by atoms with Gasteiger partial charge in [-0.25, -0.2) is 0 Å². The number of aliphatic hydroxyl groups is 2. The van der Waals surface area contributed by atoms with Crippen LogP contribution in [0.3, 0.4) is 0 Å². The molecule has 0 bridgehead atoms. The van der Waals surface area contributed by atoms with Crippen molar-refractivity contribution in [3.8, 4) is 0 Å². The van der Waals surface area contributed by atoms with Crippen molar-refractivity contribution in [3.05, 3.63) is 11.6 Å². The van der Waals surface area contributed by atoms with E-state index in [1.165, 1.54) is 24.8 Å². The SMILES string of the molecule is CCOC1C(CCC(C)CCCC(C)CCCC(C)(O)CCCC(C)C(=O)[O-])=CC(O)C(C)C1C. The first-order valence-corrected chi connectivity index (χ1v) is 14.3. The lowest BCUT2D eigenvalue weighted by atomic mass is 9.76. The minimum atomic E-state index is -1.00. The van der Waals surface area contributed by atoms with Gasteiger partial charge in [-0.1, -0.05) is 72.8 Å². The van der Waals surface area contributed by atoms with Crippen LogP contribution in [-0.2, 0) is 9.53 Å². The number of aliphatic hydroxyl groups excluding tert-OH is 1. The fourth-order valence-electron chi connectivity index (χ4n) is 5.43. The van der Waals surface area contributed by atoms with Crippen LogP contribution in [0.5, 0.6) is 0 Å². The molecular formula is C30H55O5-. The van der Waals surface area contributed by atoms with Crippen molar-refractivity contribution in [1.29, 1.82) is 0 Å². The monoisotopic (exact) mass is 495 g/mol. The Labute approximate surface area is 215 Å². The second kappa shape index (κ2) is 16.0. The van der Waals surface area contributed by atoms with Crippen LogP contribution in [0.15, 0.2) is 11.6 Å². The molecule has 0 spiro atoms. The Balaban J connectivity index is 2.26. The predicted octanol–water partition coefficient (Wildman–Crippen LogP) is 5.66. The molecule has 2 N–H and O–H groups in total. The Morgan fingerprint density at radius 1 is 1.00 bits per heavy atom. The van der Waals surface area contributed by atoms with Gasteiger partial charge in [0.2, 0.25) is 0 Å². The number of carbonyl (C=O) groups excluding carboxylic acids is 1. The summed E-state index contributed by atoms with van der Waals surface area (Å²) in [5.41, 5.74) is 0.571. The standard InChI is InChI=1S/C30H56O5/c1-8-35-28-25(6)24(5)27(31)20-26(28)17-16-22(3)13-9-12-21(2)14-10-18-30(7,34)19-11-15-23(4)29(32)33/h20-25,27-28,31,34H,8-19H2,1-7H3,(H,32,33)/p-1. The summed E-state index contributed by atoms with van der Waals surface area (Å²) in [6.07, 6.45) is 12.5. The van der Waals surface area contributed by atoms with Crippen molar-refractivity contribution in [3.63, 3.8) is 0 Å². The smallest absolute Gasteiger partial charge is 0.0814 e. The average molecular weight is 496 g/mol. The molecule has 5 heteroatoms. The number of hydrogen-bond acceptors (Lipinski definition) is 5. The van der Waals surface area contributed by atoms with E-state index in [-0.39, 0.29) is 18.1 Å². The van der Waals surface area contributed by atoms with Crippen molar-refractivity contribution in [2.75, 3.05) is 6.61 Å². The third-order valence-corrected chi connectivity index (χ3v) is 8.43. The Morgan fingerprint density at radius 2 is 1.54 bits per heavy atom. The van der Waals surface area contributed by atoms with Crippen LogP contribution in [0.4, 0.5) is 0 Å². The quantitative estimate of drug-likeness (QED) is 0.239. The molecule has 1 rings (SSSR count). The van der Waals surface area contributed by atoms with Crippen LogP contribution in [0.1, 0.15) is 119 Å². The van der Waals surface area contributed by atoms with E-state index in [0.717, 1.165) is 32.1 Å². The molecule has 8 unspecified atom stereocenters. The molecule has 0 radical (unpaired) electrons. The molecule has 0 aromatic carbocycles. The summed E-state index contributed by atoms with van der Waals surface area (Å²) in [7, 11) is 0. The van der Waals surface area contributed by atoms with Crippen LogP contribution >= 0.6 is 0 Å². The summed E-state index contributed by atoms with van der Waals surface area (Å²) < 4.78 is 6.05. The van der Waals surface area contributed by atoms with Gasteiger partial charge in [-0.3, -0.25) is 0 Å². The maximum Gasteiger partial charge on any atom is 0.0814 e. The van der Waals surface area contributed by atoms with Gasteiger partial charge in [0, 0.05) is 12.6 Å². The molecule has 0 saturated heterocycles. The normalized spacial score (nSPS) is 27.1. The summed E-state index contributed by atoms with van der Waals surface area (Å²) >= 11 is 0. The highest BCUT2D eigenvalue weighted by Gasteiger charge is 2.34. The van der Waals surface area contributed by atoms with Crippen molar-refractivity contribution < 1.29 is 24.9 Å². The van der Waals surface area contributed by atoms with E-state index in [4.69, 9.17) is 4.74 Å². The van der Waals surface area contributed by atoms with Gasteiger partial charge in [0.15, 0.2) is 0 Å². The predicted molar refractivity (Wildman–Crippen MR) is 142 cm³/mol. The van der Waals surface area contributed by atoms with E-state index in [9.17, 15) is 20.1 Å². The summed E-state index contributed by atoms with van der Waals surface area (Å²) in [6, 6.07) is 0. The van der Waals surface area contributed by atoms with Gasteiger partial charge < -0.3 is 24.9 Å². The van der Waals surface area contributed by atoms with Gasteiger partial charge in [-0.2, -0.15) is 0 Å². The highest BCUT2D eigenvalue weighted by molar-refractivity contribution is 5.66. The highest BCUT2D eigenvalue weighted by Crippen LogP contribution is 2.35. The highest BCUT2D eigenvalue weighted by atomic mass is 16.5. The summed E-state index contributed by atoms with van der Waals surface area (Å²) in [5.74, 6) is 0.427. The average Bonchev–Trinajstić information content (AvgIpc) is 2.78. The first-order valence-electron chi connectivity index (χ1n) is 14.3. The summed E-state index contributed by atoms with van der Waals surface area (Å²) in [5, 5.41) is 31.8. The molecule has 8 atom stereocenters. The first-order chi connectivity index (χ1) is 16.4. The Bertz CT molecular complexity index is 628. The fourth-order valence-corrected chi connectivity index (χ4v) is 5.43. The Kier molecular flexibility index (Phi) is 14.7. The molecule has 1 aliphatic rings. The molecule has 0 amide bonds. The van der Waals surface area contributed by atoms with Crippen LogP contribution in [-0.4, -0.2) is 40.6 Å². The van der Waals surface area contributed by atoms with E-state index in [0.29, 0.717) is 43.6 Å². The number of carboxylic acids is 1. The van der Waals surface area contributed by atoms with E-state index in [2.05, 4.69) is 33.8 Å². The molecule has 0 aromatic heterocycles. The molecule has 206 valence electrons. The van der Waals surface area contributed by atoms with Gasteiger partial charge in [0.1, 0.15) is 0 Å². The Hall–Kier alpha value is -0.910. The van der Waals surface area contributed by atoms with Gasteiger partial charge in [0.05, 0.1) is 17.8 Å². The fraction of sp³-hybridized carbons (Fsp3) is 0.900. The van der Waals surface area contributed by atoms with Crippen molar-refractivity contribution in [2.45, 2.75) is 137 Å². The molecule has 1 aliphatic carbocycles. The topological polar surface area (TPSA) is 89.8 Å². The maximum absolute atomic E-state index is 10.8. The van der Waals surface area contributed by atoms with E-state index < -0.39 is 17.5 Å².